The molecule has 0 aliphatic heterocycles. The summed E-state index contributed by atoms with van der Waals surface area (Å²) in [4.78, 5) is 10.1. The van der Waals surface area contributed by atoms with Gasteiger partial charge < -0.3 is 4.74 Å². The molecule has 0 spiro atoms. The van der Waals surface area contributed by atoms with Gasteiger partial charge in [-0.05, 0) is 54.7 Å². The van der Waals surface area contributed by atoms with Gasteiger partial charge in [0.1, 0.15) is 5.75 Å². The lowest BCUT2D eigenvalue weighted by Gasteiger charge is -2.08. The minimum atomic E-state index is -0.895. The maximum Gasteiger partial charge on any atom is 0.346 e. The van der Waals surface area contributed by atoms with Gasteiger partial charge in [0.25, 0.3) is 0 Å². The van der Waals surface area contributed by atoms with E-state index in [-0.39, 0.29) is 5.75 Å². The fraction of sp³-hybridized carbons (Fsp3) is 0.200. The van der Waals surface area contributed by atoms with Crippen LogP contribution in [0.4, 0.5) is 10.1 Å². The Morgan fingerprint density at radius 3 is 2.75 bits per heavy atom. The summed E-state index contributed by atoms with van der Waals surface area (Å²) in [5.74, 6) is -0.471. The van der Waals surface area contributed by atoms with Crippen LogP contribution in [0, 0.1) is 15.9 Å². The maximum atomic E-state index is 13.5. The number of nitro groups is 1. The Balaban J connectivity index is 1.95. The van der Waals surface area contributed by atoms with E-state index in [1.54, 1.807) is 6.07 Å². The van der Waals surface area contributed by atoms with Crippen LogP contribution in [0.2, 0.25) is 0 Å². The summed E-state index contributed by atoms with van der Waals surface area (Å²) >= 11 is 0. The Morgan fingerprint density at radius 1 is 1.15 bits per heavy atom. The maximum absolute atomic E-state index is 13.5. The van der Waals surface area contributed by atoms with Crippen LogP contribution in [0.1, 0.15) is 17.5 Å². The predicted octanol–water partition coefficient (Wildman–Crippen LogP) is 4.01. The second-order valence-corrected chi connectivity index (χ2v) is 4.73. The van der Waals surface area contributed by atoms with E-state index >= 15 is 0 Å². The van der Waals surface area contributed by atoms with Crippen molar-refractivity contribution in [3.63, 3.8) is 0 Å². The predicted molar refractivity (Wildman–Crippen MR) is 71.6 cm³/mol. The molecule has 3 rings (SSSR count). The summed E-state index contributed by atoms with van der Waals surface area (Å²) in [6.45, 7) is 0. The Hall–Kier alpha value is -2.43. The molecule has 0 bridgehead atoms. The van der Waals surface area contributed by atoms with Crippen molar-refractivity contribution in [2.75, 3.05) is 0 Å². The van der Waals surface area contributed by atoms with E-state index in [0.29, 0.717) is 5.75 Å². The highest BCUT2D eigenvalue weighted by Gasteiger charge is 2.22. The summed E-state index contributed by atoms with van der Waals surface area (Å²) in [6, 6.07) is 9.44. The molecule has 0 saturated heterocycles. The molecule has 2 aromatic carbocycles. The number of nitro benzene ring substituents is 1. The fourth-order valence-electron chi connectivity index (χ4n) is 2.49. The van der Waals surface area contributed by atoms with Gasteiger partial charge in [-0.3, -0.25) is 10.1 Å². The monoisotopic (exact) mass is 273 g/mol. The van der Waals surface area contributed by atoms with Gasteiger partial charge in [0.15, 0.2) is 0 Å². The number of nitrogens with zero attached hydrogens (tertiary/aromatic N) is 1. The number of hydrogen-bond donors (Lipinski definition) is 0. The van der Waals surface area contributed by atoms with Crippen LogP contribution in [0.3, 0.4) is 0 Å². The molecule has 0 aromatic heterocycles. The van der Waals surface area contributed by atoms with Crippen LogP contribution in [-0.4, -0.2) is 4.92 Å². The number of benzene rings is 2. The minimum absolute atomic E-state index is 0.0760. The number of hydrogen-bond acceptors (Lipinski definition) is 3. The lowest BCUT2D eigenvalue weighted by molar-refractivity contribution is -0.388. The zero-order chi connectivity index (χ0) is 14.1. The number of ether oxygens (including phenoxy) is 1. The van der Waals surface area contributed by atoms with E-state index in [0.717, 1.165) is 25.3 Å². The van der Waals surface area contributed by atoms with Crippen molar-refractivity contribution in [2.24, 2.45) is 0 Å². The number of rotatable bonds is 3. The first-order valence-electron chi connectivity index (χ1n) is 6.38. The molecule has 5 heteroatoms. The highest BCUT2D eigenvalue weighted by atomic mass is 19.1. The van der Waals surface area contributed by atoms with Crippen molar-refractivity contribution in [1.82, 2.24) is 0 Å². The van der Waals surface area contributed by atoms with Gasteiger partial charge >= 0.3 is 5.69 Å². The second kappa shape index (κ2) is 4.92. The van der Waals surface area contributed by atoms with Crippen LogP contribution in [0.15, 0.2) is 36.4 Å². The number of para-hydroxylation sites is 1. The van der Waals surface area contributed by atoms with Crippen LogP contribution in [-0.2, 0) is 12.8 Å². The van der Waals surface area contributed by atoms with Gasteiger partial charge in [0, 0.05) is 0 Å². The smallest absolute Gasteiger partial charge is 0.346 e. The molecule has 0 atom stereocenters. The summed E-state index contributed by atoms with van der Waals surface area (Å²) in [5, 5.41) is 10.9. The molecule has 0 N–H and O–H groups in total. The zero-order valence-corrected chi connectivity index (χ0v) is 10.6. The molecular formula is C15H12FNO3. The SMILES string of the molecule is O=[N+]([O-])c1c(F)cccc1Oc1ccc2c(c1)CCC2. The molecule has 0 saturated carbocycles. The summed E-state index contributed by atoms with van der Waals surface area (Å²) in [5.41, 5.74) is 1.85. The highest BCUT2D eigenvalue weighted by molar-refractivity contribution is 5.50. The standard InChI is InChI=1S/C15H12FNO3/c16-13-5-2-6-14(15(13)17(18)19)20-12-8-7-10-3-1-4-11(10)9-12/h2,5-9H,1,3-4H2. The van der Waals surface area contributed by atoms with Gasteiger partial charge in [-0.1, -0.05) is 12.1 Å². The molecule has 0 unspecified atom stereocenters. The van der Waals surface area contributed by atoms with Crippen molar-refractivity contribution in [2.45, 2.75) is 19.3 Å². The average Bonchev–Trinajstić information content (AvgIpc) is 2.85. The Labute approximate surface area is 115 Å². The molecule has 0 radical (unpaired) electrons. The molecule has 0 fully saturated rings. The first-order chi connectivity index (χ1) is 9.65. The number of aryl methyl sites for hydroxylation is 2. The molecule has 1 aliphatic carbocycles. The van der Waals surface area contributed by atoms with E-state index in [4.69, 9.17) is 4.74 Å². The second-order valence-electron chi connectivity index (χ2n) is 4.73. The Kier molecular flexibility index (Phi) is 3.10. The van der Waals surface area contributed by atoms with E-state index in [2.05, 4.69) is 0 Å². The van der Waals surface area contributed by atoms with Crippen molar-refractivity contribution < 1.29 is 14.1 Å². The zero-order valence-electron chi connectivity index (χ0n) is 10.6. The van der Waals surface area contributed by atoms with Gasteiger partial charge in [0.2, 0.25) is 11.6 Å². The molecule has 20 heavy (non-hydrogen) atoms. The van der Waals surface area contributed by atoms with Gasteiger partial charge in [-0.2, -0.15) is 4.39 Å². The van der Waals surface area contributed by atoms with Gasteiger partial charge in [-0.15, -0.1) is 0 Å². The molecule has 102 valence electrons. The molecular weight excluding hydrogens is 261 g/mol. The third kappa shape index (κ3) is 2.22. The van der Waals surface area contributed by atoms with Crippen LogP contribution >= 0.6 is 0 Å². The van der Waals surface area contributed by atoms with Crippen LogP contribution in [0.25, 0.3) is 0 Å². The van der Waals surface area contributed by atoms with E-state index in [9.17, 15) is 14.5 Å². The number of fused-ring (bicyclic) bond motifs is 1. The molecule has 2 aromatic rings. The Morgan fingerprint density at radius 2 is 1.95 bits per heavy atom. The summed E-state index contributed by atoms with van der Waals surface area (Å²) in [7, 11) is 0. The summed E-state index contributed by atoms with van der Waals surface area (Å²) < 4.78 is 19.0. The van der Waals surface area contributed by atoms with E-state index in [1.165, 1.54) is 23.3 Å². The normalized spacial score (nSPS) is 13.1. The van der Waals surface area contributed by atoms with E-state index < -0.39 is 16.4 Å². The Bertz CT molecular complexity index is 685. The van der Waals surface area contributed by atoms with Crippen LogP contribution in [0.5, 0.6) is 11.5 Å². The van der Waals surface area contributed by atoms with Crippen molar-refractivity contribution >= 4 is 5.69 Å². The molecule has 0 heterocycles. The molecule has 0 amide bonds. The van der Waals surface area contributed by atoms with Gasteiger partial charge in [-0.25, -0.2) is 0 Å². The first kappa shape index (κ1) is 12.6. The first-order valence-corrected chi connectivity index (χ1v) is 6.38. The third-order valence-electron chi connectivity index (χ3n) is 3.43. The third-order valence-corrected chi connectivity index (χ3v) is 3.43. The topological polar surface area (TPSA) is 52.4 Å². The lowest BCUT2D eigenvalue weighted by atomic mass is 10.1. The fourth-order valence-corrected chi connectivity index (χ4v) is 2.49. The highest BCUT2D eigenvalue weighted by Crippen LogP contribution is 2.35. The quantitative estimate of drug-likeness (QED) is 0.627. The lowest BCUT2D eigenvalue weighted by Crippen LogP contribution is -1.97. The minimum Gasteiger partial charge on any atom is -0.450 e. The average molecular weight is 273 g/mol. The van der Waals surface area contributed by atoms with Crippen molar-refractivity contribution in [3.8, 4) is 11.5 Å². The van der Waals surface area contributed by atoms with Gasteiger partial charge in [0.05, 0.1) is 4.92 Å². The van der Waals surface area contributed by atoms with E-state index in [1.807, 2.05) is 12.1 Å². The largest absolute Gasteiger partial charge is 0.450 e. The van der Waals surface area contributed by atoms with Crippen molar-refractivity contribution in [1.29, 1.82) is 0 Å². The molecule has 1 aliphatic rings. The number of halogens is 1. The molecule has 4 nitrogen and oxygen atoms in total. The van der Waals surface area contributed by atoms with Crippen LogP contribution < -0.4 is 4.74 Å². The summed E-state index contributed by atoms with van der Waals surface area (Å²) in [6.07, 6.45) is 3.15. The van der Waals surface area contributed by atoms with Crippen molar-refractivity contribution in [3.05, 3.63) is 63.5 Å².